The first-order chi connectivity index (χ1) is 14.9. The maximum Gasteiger partial charge on any atom is 0.274 e. The molecule has 0 bridgehead atoms. The summed E-state index contributed by atoms with van der Waals surface area (Å²) in [6, 6.07) is 13.9. The molecule has 1 fully saturated rings. The smallest absolute Gasteiger partial charge is 0.274 e. The number of aromatic nitrogens is 1. The van der Waals surface area contributed by atoms with Crippen molar-refractivity contribution in [2.24, 2.45) is 0 Å². The quantitative estimate of drug-likeness (QED) is 0.328. The molecule has 1 saturated carbocycles. The van der Waals surface area contributed by atoms with Gasteiger partial charge in [-0.1, -0.05) is 36.0 Å². The SMILES string of the molecule is Cc1c(NC(=O)CSc2cc(C(=O)NC3CC3)c3ccccc3n2)cccc1[N+](=O)[O-]. The van der Waals surface area contributed by atoms with Crippen LogP contribution >= 0.6 is 11.8 Å². The molecule has 0 spiro atoms. The summed E-state index contributed by atoms with van der Waals surface area (Å²) in [6.45, 7) is 1.59. The van der Waals surface area contributed by atoms with Crippen LogP contribution in [0.15, 0.2) is 53.6 Å². The van der Waals surface area contributed by atoms with Gasteiger partial charge in [0.1, 0.15) is 0 Å². The Balaban J connectivity index is 1.50. The minimum Gasteiger partial charge on any atom is -0.349 e. The third-order valence-corrected chi connectivity index (χ3v) is 5.89. The number of anilines is 1. The Kier molecular flexibility index (Phi) is 5.85. The summed E-state index contributed by atoms with van der Waals surface area (Å²) in [5, 5.41) is 18.1. The minimum absolute atomic E-state index is 0.0482. The van der Waals surface area contributed by atoms with E-state index in [1.165, 1.54) is 23.9 Å². The highest BCUT2D eigenvalue weighted by Gasteiger charge is 2.25. The number of nitrogens with zero attached hydrogens (tertiary/aromatic N) is 2. The third kappa shape index (κ3) is 4.83. The van der Waals surface area contributed by atoms with E-state index in [4.69, 9.17) is 0 Å². The first-order valence-corrected chi connectivity index (χ1v) is 10.8. The van der Waals surface area contributed by atoms with Gasteiger partial charge in [-0.15, -0.1) is 0 Å². The number of pyridine rings is 1. The molecule has 9 heteroatoms. The van der Waals surface area contributed by atoms with Gasteiger partial charge in [-0.2, -0.15) is 0 Å². The van der Waals surface area contributed by atoms with Crippen molar-refractivity contribution in [2.75, 3.05) is 11.1 Å². The summed E-state index contributed by atoms with van der Waals surface area (Å²) in [5.41, 5.74) is 1.97. The van der Waals surface area contributed by atoms with Crippen LogP contribution in [0.5, 0.6) is 0 Å². The number of nitro groups is 1. The molecule has 0 unspecified atom stereocenters. The van der Waals surface area contributed by atoms with E-state index in [0.29, 0.717) is 27.4 Å². The Morgan fingerprint density at radius 3 is 2.71 bits per heavy atom. The molecular formula is C22H20N4O4S. The first-order valence-electron chi connectivity index (χ1n) is 9.79. The Hall–Kier alpha value is -3.46. The van der Waals surface area contributed by atoms with E-state index in [-0.39, 0.29) is 29.3 Å². The van der Waals surface area contributed by atoms with E-state index in [2.05, 4.69) is 15.6 Å². The number of carbonyl (C=O) groups excluding carboxylic acids is 2. The van der Waals surface area contributed by atoms with Crippen LogP contribution in [0, 0.1) is 17.0 Å². The van der Waals surface area contributed by atoms with Crippen LogP contribution < -0.4 is 10.6 Å². The second-order valence-corrected chi connectivity index (χ2v) is 8.31. The van der Waals surface area contributed by atoms with Crippen molar-refractivity contribution in [1.82, 2.24) is 10.3 Å². The van der Waals surface area contributed by atoms with Crippen molar-refractivity contribution in [1.29, 1.82) is 0 Å². The molecule has 0 radical (unpaired) electrons. The highest BCUT2D eigenvalue weighted by molar-refractivity contribution is 7.99. The average molecular weight is 436 g/mol. The molecule has 31 heavy (non-hydrogen) atoms. The molecule has 2 N–H and O–H groups in total. The van der Waals surface area contributed by atoms with E-state index < -0.39 is 4.92 Å². The van der Waals surface area contributed by atoms with Crippen molar-refractivity contribution in [3.8, 4) is 0 Å². The lowest BCUT2D eigenvalue weighted by Gasteiger charge is -2.11. The zero-order valence-corrected chi connectivity index (χ0v) is 17.6. The van der Waals surface area contributed by atoms with Gasteiger partial charge in [-0.25, -0.2) is 4.98 Å². The van der Waals surface area contributed by atoms with Gasteiger partial charge in [0, 0.05) is 17.5 Å². The van der Waals surface area contributed by atoms with Gasteiger partial charge in [0.2, 0.25) is 5.91 Å². The van der Waals surface area contributed by atoms with Gasteiger partial charge >= 0.3 is 0 Å². The fraction of sp³-hybridized carbons (Fsp3) is 0.227. The van der Waals surface area contributed by atoms with E-state index in [1.807, 2.05) is 24.3 Å². The number of carbonyl (C=O) groups is 2. The average Bonchev–Trinajstić information content (AvgIpc) is 3.57. The van der Waals surface area contributed by atoms with Crippen LogP contribution in [0.2, 0.25) is 0 Å². The monoisotopic (exact) mass is 436 g/mol. The maximum atomic E-state index is 12.7. The molecule has 2 amide bonds. The molecule has 1 aliphatic carbocycles. The molecule has 0 atom stereocenters. The van der Waals surface area contributed by atoms with Gasteiger partial charge in [-0.05, 0) is 38.0 Å². The molecular weight excluding hydrogens is 416 g/mol. The van der Waals surface area contributed by atoms with Gasteiger partial charge in [-0.3, -0.25) is 19.7 Å². The number of hydrogen-bond donors (Lipinski definition) is 2. The number of nitro benzene ring substituents is 1. The minimum atomic E-state index is -0.479. The molecule has 0 aliphatic heterocycles. The number of thioether (sulfide) groups is 1. The number of hydrogen-bond acceptors (Lipinski definition) is 6. The summed E-state index contributed by atoms with van der Waals surface area (Å²) in [7, 11) is 0. The fourth-order valence-electron chi connectivity index (χ4n) is 3.19. The molecule has 3 aromatic rings. The highest BCUT2D eigenvalue weighted by Crippen LogP contribution is 2.28. The topological polar surface area (TPSA) is 114 Å². The zero-order valence-electron chi connectivity index (χ0n) is 16.8. The number of amides is 2. The summed E-state index contributed by atoms with van der Waals surface area (Å²) in [5.74, 6) is -0.399. The zero-order chi connectivity index (χ0) is 22.0. The molecule has 4 rings (SSSR count). The second kappa shape index (κ2) is 8.73. The predicted molar refractivity (Wildman–Crippen MR) is 119 cm³/mol. The Labute approximate surface area is 182 Å². The summed E-state index contributed by atoms with van der Waals surface area (Å²) >= 11 is 1.21. The van der Waals surface area contributed by atoms with Gasteiger partial charge in [0.15, 0.2) is 0 Å². The number of nitrogens with one attached hydrogen (secondary N) is 2. The largest absolute Gasteiger partial charge is 0.349 e. The molecule has 1 heterocycles. The number of rotatable bonds is 7. The fourth-order valence-corrected chi connectivity index (χ4v) is 3.90. The molecule has 2 aromatic carbocycles. The summed E-state index contributed by atoms with van der Waals surface area (Å²) in [6.07, 6.45) is 1.99. The van der Waals surface area contributed by atoms with Gasteiger partial charge in [0.25, 0.3) is 11.6 Å². The molecule has 0 saturated heterocycles. The van der Waals surface area contributed by atoms with Crippen LogP contribution in [0.25, 0.3) is 10.9 Å². The lowest BCUT2D eigenvalue weighted by molar-refractivity contribution is -0.385. The standard InChI is InChI=1S/C22H20N4O4S/c1-13-17(7-4-8-19(13)26(29)30)24-20(27)12-31-21-11-16(22(28)23-14-9-10-14)15-5-2-3-6-18(15)25-21/h2-8,11,14H,9-10,12H2,1H3,(H,23,28)(H,24,27). The normalized spacial score (nSPS) is 13.1. The van der Waals surface area contributed by atoms with Crippen molar-refractivity contribution < 1.29 is 14.5 Å². The van der Waals surface area contributed by atoms with E-state index in [0.717, 1.165) is 18.2 Å². The van der Waals surface area contributed by atoms with Crippen LogP contribution in [0.3, 0.4) is 0 Å². The predicted octanol–water partition coefficient (Wildman–Crippen LogP) is 4.07. The summed E-state index contributed by atoms with van der Waals surface area (Å²) < 4.78 is 0. The third-order valence-electron chi connectivity index (χ3n) is 4.98. The van der Waals surface area contributed by atoms with Crippen LogP contribution in [0.4, 0.5) is 11.4 Å². The van der Waals surface area contributed by atoms with Gasteiger partial charge in [0.05, 0.1) is 38.0 Å². The maximum absolute atomic E-state index is 12.7. The molecule has 1 aromatic heterocycles. The van der Waals surface area contributed by atoms with E-state index in [9.17, 15) is 19.7 Å². The van der Waals surface area contributed by atoms with Crippen LogP contribution in [0.1, 0.15) is 28.8 Å². The number of fused-ring (bicyclic) bond motifs is 1. The number of para-hydroxylation sites is 1. The van der Waals surface area contributed by atoms with Crippen molar-refractivity contribution in [3.63, 3.8) is 0 Å². The summed E-state index contributed by atoms with van der Waals surface area (Å²) in [4.78, 5) is 40.3. The number of benzene rings is 2. The van der Waals surface area contributed by atoms with E-state index >= 15 is 0 Å². The van der Waals surface area contributed by atoms with Gasteiger partial charge < -0.3 is 10.6 Å². The van der Waals surface area contributed by atoms with E-state index in [1.54, 1.807) is 19.1 Å². The van der Waals surface area contributed by atoms with Crippen LogP contribution in [-0.4, -0.2) is 33.5 Å². The molecule has 1 aliphatic rings. The Morgan fingerprint density at radius 2 is 1.97 bits per heavy atom. The Morgan fingerprint density at radius 1 is 1.19 bits per heavy atom. The molecule has 8 nitrogen and oxygen atoms in total. The highest BCUT2D eigenvalue weighted by atomic mass is 32.2. The molecule has 158 valence electrons. The lowest BCUT2D eigenvalue weighted by Crippen LogP contribution is -2.25. The lowest BCUT2D eigenvalue weighted by atomic mass is 10.1. The Bertz CT molecular complexity index is 1190. The van der Waals surface area contributed by atoms with Crippen molar-refractivity contribution in [3.05, 3.63) is 69.8 Å². The van der Waals surface area contributed by atoms with Crippen LogP contribution in [-0.2, 0) is 4.79 Å². The van der Waals surface area contributed by atoms with Crippen molar-refractivity contribution >= 4 is 45.9 Å². The second-order valence-electron chi connectivity index (χ2n) is 7.32. The first kappa shape index (κ1) is 20.8. The van der Waals surface area contributed by atoms with Crippen molar-refractivity contribution in [2.45, 2.75) is 30.8 Å².